The van der Waals surface area contributed by atoms with Gasteiger partial charge in [0.1, 0.15) is 16.7 Å². The van der Waals surface area contributed by atoms with Gasteiger partial charge in [-0.25, -0.2) is 8.42 Å². The summed E-state index contributed by atoms with van der Waals surface area (Å²) >= 11 is 3.19. The van der Waals surface area contributed by atoms with Crippen molar-refractivity contribution in [1.82, 2.24) is 4.31 Å². The number of ether oxygens (including phenoxy) is 1. The van der Waals surface area contributed by atoms with E-state index in [2.05, 4.69) is 15.9 Å². The Bertz CT molecular complexity index is 631. The molecule has 0 bridgehead atoms. The van der Waals surface area contributed by atoms with Crippen molar-refractivity contribution >= 4 is 31.9 Å². The SMILES string of the molecule is COc1ccc(Br)c(S(=O)(=O)N2CCC[C@H]2C(=O)O)c1. The highest BCUT2D eigenvalue weighted by Gasteiger charge is 2.40. The molecule has 0 amide bonds. The number of rotatable bonds is 4. The Morgan fingerprint density at radius 2 is 2.20 bits per heavy atom. The lowest BCUT2D eigenvalue weighted by Gasteiger charge is -2.21. The lowest BCUT2D eigenvalue weighted by atomic mass is 10.2. The molecule has 1 saturated heterocycles. The molecule has 0 radical (unpaired) electrons. The smallest absolute Gasteiger partial charge is 0.322 e. The molecule has 1 fully saturated rings. The van der Waals surface area contributed by atoms with E-state index >= 15 is 0 Å². The third kappa shape index (κ3) is 2.68. The molecule has 0 aromatic heterocycles. The number of sulfonamides is 1. The number of carboxylic acids is 1. The van der Waals surface area contributed by atoms with Gasteiger partial charge >= 0.3 is 5.97 Å². The van der Waals surface area contributed by atoms with E-state index in [-0.39, 0.29) is 11.4 Å². The van der Waals surface area contributed by atoms with Crippen LogP contribution in [0.2, 0.25) is 0 Å². The summed E-state index contributed by atoms with van der Waals surface area (Å²) in [4.78, 5) is 11.2. The summed E-state index contributed by atoms with van der Waals surface area (Å²) in [6, 6.07) is 3.58. The molecule has 0 aliphatic carbocycles. The van der Waals surface area contributed by atoms with Gasteiger partial charge in [0.05, 0.1) is 7.11 Å². The Kier molecular flexibility index (Phi) is 4.36. The van der Waals surface area contributed by atoms with Gasteiger partial charge in [0, 0.05) is 17.1 Å². The number of hydrogen-bond acceptors (Lipinski definition) is 4. The second-order valence-electron chi connectivity index (χ2n) is 4.41. The van der Waals surface area contributed by atoms with Crippen LogP contribution >= 0.6 is 15.9 Å². The minimum absolute atomic E-state index is 0.0185. The Labute approximate surface area is 125 Å². The monoisotopic (exact) mass is 363 g/mol. The molecule has 1 aliphatic rings. The van der Waals surface area contributed by atoms with Gasteiger partial charge in [0.15, 0.2) is 0 Å². The van der Waals surface area contributed by atoms with Crippen molar-refractivity contribution < 1.29 is 23.1 Å². The van der Waals surface area contributed by atoms with E-state index in [1.54, 1.807) is 12.1 Å². The van der Waals surface area contributed by atoms with Crippen LogP contribution in [0.1, 0.15) is 12.8 Å². The van der Waals surface area contributed by atoms with Crippen molar-refractivity contribution in [2.24, 2.45) is 0 Å². The largest absolute Gasteiger partial charge is 0.497 e. The third-order valence-electron chi connectivity index (χ3n) is 3.21. The first-order chi connectivity index (χ1) is 9.37. The predicted octanol–water partition coefficient (Wildman–Crippen LogP) is 1.70. The van der Waals surface area contributed by atoms with Gasteiger partial charge in [-0.1, -0.05) is 0 Å². The quantitative estimate of drug-likeness (QED) is 0.879. The van der Waals surface area contributed by atoms with Crippen LogP contribution in [0, 0.1) is 0 Å². The van der Waals surface area contributed by atoms with E-state index in [0.29, 0.717) is 23.1 Å². The van der Waals surface area contributed by atoms with Crippen LogP contribution < -0.4 is 4.74 Å². The zero-order valence-electron chi connectivity index (χ0n) is 10.7. The Morgan fingerprint density at radius 1 is 1.50 bits per heavy atom. The maximum absolute atomic E-state index is 12.6. The van der Waals surface area contributed by atoms with Crippen molar-refractivity contribution in [2.45, 2.75) is 23.8 Å². The lowest BCUT2D eigenvalue weighted by Crippen LogP contribution is -2.40. The molecule has 1 aromatic carbocycles. The van der Waals surface area contributed by atoms with Gasteiger partial charge in [-0.2, -0.15) is 4.31 Å². The number of carboxylic acid groups (broad SMARTS) is 1. The molecule has 1 aliphatic heterocycles. The van der Waals surface area contributed by atoms with Crippen LogP contribution in [-0.4, -0.2) is 43.5 Å². The van der Waals surface area contributed by atoms with E-state index in [0.717, 1.165) is 4.31 Å². The van der Waals surface area contributed by atoms with Crippen LogP contribution in [0.5, 0.6) is 5.75 Å². The average molecular weight is 364 g/mol. The van der Waals surface area contributed by atoms with Gasteiger partial charge in [0.25, 0.3) is 0 Å². The predicted molar refractivity (Wildman–Crippen MR) is 75.2 cm³/mol. The van der Waals surface area contributed by atoms with Gasteiger partial charge in [0.2, 0.25) is 10.0 Å². The number of aliphatic carboxylic acids is 1. The van der Waals surface area contributed by atoms with E-state index in [9.17, 15) is 13.2 Å². The summed E-state index contributed by atoms with van der Waals surface area (Å²) < 4.78 is 31.7. The number of nitrogens with zero attached hydrogens (tertiary/aromatic N) is 1. The highest BCUT2D eigenvalue weighted by atomic mass is 79.9. The molecule has 1 aromatic rings. The van der Waals surface area contributed by atoms with E-state index in [1.165, 1.54) is 13.2 Å². The van der Waals surface area contributed by atoms with Gasteiger partial charge in [-0.05, 0) is 40.9 Å². The second kappa shape index (κ2) is 5.71. The molecule has 20 heavy (non-hydrogen) atoms. The van der Waals surface area contributed by atoms with Gasteiger partial charge in [-0.15, -0.1) is 0 Å². The number of benzene rings is 1. The highest BCUT2D eigenvalue weighted by Crippen LogP contribution is 2.32. The number of carbonyl (C=O) groups is 1. The molecule has 1 N–H and O–H groups in total. The number of methoxy groups -OCH3 is 1. The van der Waals surface area contributed by atoms with Crippen molar-refractivity contribution in [1.29, 1.82) is 0 Å². The molecule has 1 heterocycles. The summed E-state index contributed by atoms with van der Waals surface area (Å²) in [5, 5.41) is 9.12. The lowest BCUT2D eigenvalue weighted by molar-refractivity contribution is -0.140. The van der Waals surface area contributed by atoms with E-state index in [4.69, 9.17) is 9.84 Å². The Hall–Kier alpha value is -1.12. The molecule has 1 atom stereocenters. The maximum atomic E-state index is 12.6. The highest BCUT2D eigenvalue weighted by molar-refractivity contribution is 9.10. The minimum Gasteiger partial charge on any atom is -0.497 e. The fraction of sp³-hybridized carbons (Fsp3) is 0.417. The summed E-state index contributed by atoms with van der Waals surface area (Å²) in [5.41, 5.74) is 0. The van der Waals surface area contributed by atoms with Crippen LogP contribution in [0.25, 0.3) is 0 Å². The molecule has 110 valence electrons. The fourth-order valence-electron chi connectivity index (χ4n) is 2.21. The van der Waals surface area contributed by atoms with Crippen molar-refractivity contribution in [3.63, 3.8) is 0 Å². The normalized spacial score (nSPS) is 20.0. The third-order valence-corrected chi connectivity index (χ3v) is 6.12. The topological polar surface area (TPSA) is 83.9 Å². The molecule has 2 rings (SSSR count). The fourth-order valence-corrected chi connectivity index (χ4v) is 4.80. The molecule has 6 nitrogen and oxygen atoms in total. The first-order valence-electron chi connectivity index (χ1n) is 5.96. The summed E-state index contributed by atoms with van der Waals surface area (Å²) in [6.07, 6.45) is 0.869. The van der Waals surface area contributed by atoms with Crippen LogP contribution in [0.4, 0.5) is 0 Å². The van der Waals surface area contributed by atoms with Crippen LogP contribution in [0.3, 0.4) is 0 Å². The van der Waals surface area contributed by atoms with Crippen molar-refractivity contribution in [2.75, 3.05) is 13.7 Å². The molecular weight excluding hydrogens is 350 g/mol. The average Bonchev–Trinajstić information content (AvgIpc) is 2.89. The summed E-state index contributed by atoms with van der Waals surface area (Å²) in [7, 11) is -2.43. The Morgan fingerprint density at radius 3 is 2.80 bits per heavy atom. The first-order valence-corrected chi connectivity index (χ1v) is 8.19. The van der Waals surface area contributed by atoms with Gasteiger partial charge < -0.3 is 9.84 Å². The molecule has 0 spiro atoms. The summed E-state index contributed by atoms with van der Waals surface area (Å²) in [5.74, 6) is -0.719. The zero-order valence-corrected chi connectivity index (χ0v) is 13.1. The molecular formula is C12H14BrNO5S. The molecule has 8 heteroatoms. The van der Waals surface area contributed by atoms with Gasteiger partial charge in [-0.3, -0.25) is 4.79 Å². The minimum atomic E-state index is -3.87. The van der Waals surface area contributed by atoms with Crippen LogP contribution in [-0.2, 0) is 14.8 Å². The van der Waals surface area contributed by atoms with E-state index in [1.807, 2.05) is 0 Å². The van der Waals surface area contributed by atoms with Crippen molar-refractivity contribution in [3.8, 4) is 5.75 Å². The maximum Gasteiger partial charge on any atom is 0.322 e. The number of halogens is 1. The van der Waals surface area contributed by atoms with E-state index < -0.39 is 22.0 Å². The standard InChI is InChI=1S/C12H14BrNO5S/c1-19-8-4-5-9(13)11(7-8)20(17,18)14-6-2-3-10(14)12(15)16/h4-5,7,10H,2-3,6H2,1H3,(H,15,16)/t10-/m0/s1. The molecule has 0 saturated carbocycles. The zero-order chi connectivity index (χ0) is 14.9. The Balaban J connectivity index is 2.47. The second-order valence-corrected chi connectivity index (χ2v) is 7.12. The molecule has 0 unspecified atom stereocenters. The first kappa shape index (κ1) is 15.3. The summed E-state index contributed by atoms with van der Waals surface area (Å²) in [6.45, 7) is 0.211. The van der Waals surface area contributed by atoms with Crippen molar-refractivity contribution in [3.05, 3.63) is 22.7 Å². The van der Waals surface area contributed by atoms with Crippen LogP contribution in [0.15, 0.2) is 27.6 Å². The number of hydrogen-bond donors (Lipinski definition) is 1.